The zero-order valence-electron chi connectivity index (χ0n) is 13.9. The third-order valence-corrected chi connectivity index (χ3v) is 3.72. The number of nitrogens with one attached hydrogen (secondary N) is 2. The minimum absolute atomic E-state index is 0.195. The molecule has 8 nitrogen and oxygen atoms in total. The van der Waals surface area contributed by atoms with Gasteiger partial charge in [-0.2, -0.15) is 0 Å². The molecule has 0 spiro atoms. The van der Waals surface area contributed by atoms with Gasteiger partial charge in [-0.1, -0.05) is 0 Å². The summed E-state index contributed by atoms with van der Waals surface area (Å²) < 4.78 is 5.12. The molecule has 1 unspecified atom stereocenters. The van der Waals surface area contributed by atoms with Crippen LogP contribution in [0.15, 0.2) is 24.3 Å². The minimum atomic E-state index is -1.11. The summed E-state index contributed by atoms with van der Waals surface area (Å²) in [6, 6.07) is 5.37. The first-order valence-corrected chi connectivity index (χ1v) is 8.48. The fourth-order valence-corrected chi connectivity index (χ4v) is 2.51. The maximum absolute atomic E-state index is 11.7. The Balaban J connectivity index is 2.33. The topological polar surface area (TPSA) is 122 Å². The van der Waals surface area contributed by atoms with E-state index in [4.69, 9.17) is 9.84 Å². The van der Waals surface area contributed by atoms with Crippen molar-refractivity contribution in [1.82, 2.24) is 5.32 Å². The third-order valence-electron chi connectivity index (χ3n) is 2.91. The van der Waals surface area contributed by atoms with Crippen molar-refractivity contribution in [2.24, 2.45) is 0 Å². The minimum Gasteiger partial charge on any atom is -0.480 e. The lowest BCUT2D eigenvalue weighted by molar-refractivity contribution is -0.141. The number of thioether (sulfide) groups is 1. The molecule has 0 fully saturated rings. The Morgan fingerprint density at radius 3 is 2.28 bits per heavy atom. The largest absolute Gasteiger partial charge is 0.480 e. The molecule has 0 saturated heterocycles. The van der Waals surface area contributed by atoms with Crippen LogP contribution in [-0.2, 0) is 14.4 Å². The number of carboxylic acids is 1. The lowest BCUT2D eigenvalue weighted by Crippen LogP contribution is -2.39. The zero-order chi connectivity index (χ0) is 18.8. The Morgan fingerprint density at radius 2 is 1.76 bits per heavy atom. The van der Waals surface area contributed by atoms with Gasteiger partial charge in [-0.05, 0) is 48.9 Å². The number of amides is 2. The maximum atomic E-state index is 11.7. The van der Waals surface area contributed by atoms with E-state index in [1.54, 1.807) is 24.3 Å². The predicted octanol–water partition coefficient (Wildman–Crippen LogP) is 2.25. The first-order chi connectivity index (χ1) is 11.8. The van der Waals surface area contributed by atoms with Crippen LogP contribution >= 0.6 is 11.8 Å². The Morgan fingerprint density at radius 1 is 1.12 bits per heavy atom. The zero-order valence-corrected chi connectivity index (χ0v) is 14.7. The SMILES string of the molecule is CC(=O)Nc1ccc(OC(=O)SCCCC(NC(C)=O)C(=O)O)cc1. The van der Waals surface area contributed by atoms with Crippen LogP contribution in [-0.4, -0.2) is 40.0 Å². The monoisotopic (exact) mass is 368 g/mol. The average Bonchev–Trinajstić information content (AvgIpc) is 2.51. The second kappa shape index (κ2) is 10.3. The fourth-order valence-electron chi connectivity index (χ4n) is 1.88. The second-order valence-corrected chi connectivity index (χ2v) is 6.17. The van der Waals surface area contributed by atoms with Crippen molar-refractivity contribution in [3.05, 3.63) is 24.3 Å². The van der Waals surface area contributed by atoms with Gasteiger partial charge in [0.25, 0.3) is 0 Å². The van der Waals surface area contributed by atoms with Crippen molar-refractivity contribution in [2.75, 3.05) is 11.1 Å². The normalized spacial score (nSPS) is 11.3. The number of hydrogen-bond donors (Lipinski definition) is 3. The van der Waals surface area contributed by atoms with Crippen LogP contribution in [0.1, 0.15) is 26.7 Å². The highest BCUT2D eigenvalue weighted by Gasteiger charge is 2.18. The number of benzene rings is 1. The van der Waals surface area contributed by atoms with Crippen LogP contribution in [0, 0.1) is 0 Å². The Kier molecular flexibility index (Phi) is 8.48. The van der Waals surface area contributed by atoms with Crippen LogP contribution in [0.2, 0.25) is 0 Å². The average molecular weight is 368 g/mol. The molecule has 0 bridgehead atoms. The first-order valence-electron chi connectivity index (χ1n) is 7.50. The number of carbonyl (C=O) groups excluding carboxylic acids is 3. The van der Waals surface area contributed by atoms with Gasteiger partial charge in [0.05, 0.1) is 0 Å². The molecule has 2 amide bonds. The van der Waals surface area contributed by atoms with Gasteiger partial charge in [0.1, 0.15) is 11.8 Å². The molecule has 1 aromatic rings. The first kappa shape index (κ1) is 20.5. The molecule has 0 aromatic heterocycles. The molecular formula is C16H20N2O6S. The molecular weight excluding hydrogens is 348 g/mol. The number of carboxylic acid groups (broad SMARTS) is 1. The van der Waals surface area contributed by atoms with Gasteiger partial charge < -0.3 is 20.5 Å². The summed E-state index contributed by atoms with van der Waals surface area (Å²) in [6.07, 6.45) is 0.652. The van der Waals surface area contributed by atoms with Crippen LogP contribution in [0.4, 0.5) is 10.5 Å². The highest BCUT2D eigenvalue weighted by Crippen LogP contribution is 2.19. The van der Waals surface area contributed by atoms with E-state index in [1.165, 1.54) is 13.8 Å². The standard InChI is InChI=1S/C16H20N2O6S/c1-10(19)17-12-5-7-13(8-6-12)24-16(23)25-9-3-4-14(15(21)22)18-11(2)20/h5-8,14H,3-4,9H2,1-2H3,(H,17,19)(H,18,20)(H,21,22). The molecule has 1 rings (SSSR count). The molecule has 0 saturated carbocycles. The Labute approximate surface area is 149 Å². The predicted molar refractivity (Wildman–Crippen MR) is 93.7 cm³/mol. The van der Waals surface area contributed by atoms with Crippen molar-refractivity contribution >= 4 is 40.5 Å². The molecule has 9 heteroatoms. The molecule has 3 N–H and O–H groups in total. The van der Waals surface area contributed by atoms with E-state index >= 15 is 0 Å². The van der Waals surface area contributed by atoms with E-state index in [9.17, 15) is 19.2 Å². The molecule has 0 aliphatic heterocycles. The van der Waals surface area contributed by atoms with Crippen molar-refractivity contribution in [2.45, 2.75) is 32.7 Å². The third kappa shape index (κ3) is 8.75. The van der Waals surface area contributed by atoms with Gasteiger partial charge in [0.2, 0.25) is 11.8 Å². The number of ether oxygens (including phenoxy) is 1. The summed E-state index contributed by atoms with van der Waals surface area (Å²) in [7, 11) is 0. The van der Waals surface area contributed by atoms with Gasteiger partial charge >= 0.3 is 11.3 Å². The van der Waals surface area contributed by atoms with Crippen LogP contribution in [0.3, 0.4) is 0 Å². The summed E-state index contributed by atoms with van der Waals surface area (Å²) >= 11 is 0.922. The number of rotatable bonds is 8. The van der Waals surface area contributed by atoms with Gasteiger partial charge in [-0.25, -0.2) is 9.59 Å². The summed E-state index contributed by atoms with van der Waals surface area (Å²) in [5.41, 5.74) is 0.595. The summed E-state index contributed by atoms with van der Waals surface area (Å²) in [5, 5.41) is 13.4. The highest BCUT2D eigenvalue weighted by atomic mass is 32.2. The van der Waals surface area contributed by atoms with E-state index < -0.39 is 23.2 Å². The molecule has 1 aromatic carbocycles. The van der Waals surface area contributed by atoms with Gasteiger partial charge in [0, 0.05) is 25.3 Å². The van der Waals surface area contributed by atoms with Crippen molar-refractivity contribution < 1.29 is 29.0 Å². The van der Waals surface area contributed by atoms with Crippen LogP contribution in [0.25, 0.3) is 0 Å². The number of anilines is 1. The quantitative estimate of drug-likeness (QED) is 0.475. The van der Waals surface area contributed by atoms with E-state index in [0.717, 1.165) is 11.8 Å². The number of hydrogen-bond acceptors (Lipinski definition) is 6. The number of aliphatic carboxylic acids is 1. The van der Waals surface area contributed by atoms with Crippen molar-refractivity contribution in [3.8, 4) is 5.75 Å². The molecule has 1 atom stereocenters. The van der Waals surface area contributed by atoms with E-state index in [0.29, 0.717) is 23.6 Å². The summed E-state index contributed by atoms with van der Waals surface area (Å²) in [5.74, 6) is -1.01. The molecule has 0 heterocycles. The fraction of sp³-hybridized carbons (Fsp3) is 0.375. The van der Waals surface area contributed by atoms with E-state index in [2.05, 4.69) is 10.6 Å². The highest BCUT2D eigenvalue weighted by molar-refractivity contribution is 8.13. The molecule has 0 aliphatic rings. The van der Waals surface area contributed by atoms with Gasteiger partial charge in [0.15, 0.2) is 0 Å². The molecule has 0 radical (unpaired) electrons. The maximum Gasteiger partial charge on any atom is 0.372 e. The summed E-state index contributed by atoms with van der Waals surface area (Å²) in [6.45, 7) is 2.64. The van der Waals surface area contributed by atoms with Gasteiger partial charge in [-0.3, -0.25) is 9.59 Å². The van der Waals surface area contributed by atoms with Crippen LogP contribution in [0.5, 0.6) is 5.75 Å². The van der Waals surface area contributed by atoms with Crippen LogP contribution < -0.4 is 15.4 Å². The molecule has 136 valence electrons. The summed E-state index contributed by atoms with van der Waals surface area (Å²) in [4.78, 5) is 44.5. The lowest BCUT2D eigenvalue weighted by Gasteiger charge is -2.12. The smallest absolute Gasteiger partial charge is 0.372 e. The second-order valence-electron chi connectivity index (χ2n) is 5.14. The Bertz CT molecular complexity index is 632. The Hall–Kier alpha value is -2.55. The molecule has 25 heavy (non-hydrogen) atoms. The number of carbonyl (C=O) groups is 4. The van der Waals surface area contributed by atoms with Gasteiger partial charge in [-0.15, -0.1) is 0 Å². The van der Waals surface area contributed by atoms with Crippen molar-refractivity contribution in [1.29, 1.82) is 0 Å². The van der Waals surface area contributed by atoms with E-state index in [1.807, 2.05) is 0 Å². The lowest BCUT2D eigenvalue weighted by atomic mass is 10.2. The molecule has 0 aliphatic carbocycles. The van der Waals surface area contributed by atoms with Crippen molar-refractivity contribution in [3.63, 3.8) is 0 Å². The van der Waals surface area contributed by atoms with E-state index in [-0.39, 0.29) is 12.3 Å².